The molecule has 0 amide bonds. The number of hydrogen-bond donors (Lipinski definition) is 0. The molecule has 1 atom stereocenters. The average molecular weight is 383 g/mol. The molecule has 2 aromatic rings. The Morgan fingerprint density at radius 2 is 2.08 bits per heavy atom. The molecule has 9 heteroatoms. The number of nitrogens with zero attached hydrogens (tertiary/aromatic N) is 3. The number of aromatic nitrogens is 2. The summed E-state index contributed by atoms with van der Waals surface area (Å²) in [6.45, 7) is 4.05. The lowest BCUT2D eigenvalue weighted by molar-refractivity contribution is 0.0470. The van der Waals surface area contributed by atoms with E-state index in [4.69, 9.17) is 9.26 Å². The van der Waals surface area contributed by atoms with Crippen LogP contribution in [0.2, 0.25) is 0 Å². The van der Waals surface area contributed by atoms with Crippen molar-refractivity contribution in [2.45, 2.75) is 43.7 Å². The molecule has 1 unspecified atom stereocenters. The number of rotatable bonds is 6. The Labute approximate surface area is 152 Å². The Morgan fingerprint density at radius 3 is 2.69 bits per heavy atom. The largest absolute Gasteiger partial charge is 0.494 e. The fourth-order valence-electron chi connectivity index (χ4n) is 2.91. The molecule has 3 rings (SSSR count). The van der Waals surface area contributed by atoms with E-state index < -0.39 is 15.7 Å². The number of halogens is 1. The lowest BCUT2D eigenvalue weighted by Crippen LogP contribution is -2.46. The summed E-state index contributed by atoms with van der Waals surface area (Å²) in [6.07, 6.45) is 1.38. The van der Waals surface area contributed by atoms with Gasteiger partial charge in [0.05, 0.1) is 18.0 Å². The predicted molar refractivity (Wildman–Crippen MR) is 92.0 cm³/mol. The van der Waals surface area contributed by atoms with Crippen molar-refractivity contribution in [3.8, 4) is 5.75 Å². The summed E-state index contributed by atoms with van der Waals surface area (Å²) in [6, 6.07) is 6.17. The Morgan fingerprint density at radius 1 is 1.35 bits per heavy atom. The van der Waals surface area contributed by atoms with Gasteiger partial charge in [-0.3, -0.25) is 0 Å². The monoisotopic (exact) mass is 383 g/mol. The fraction of sp³-hybridized carbons (Fsp3) is 0.529. The highest BCUT2D eigenvalue weighted by molar-refractivity contribution is 7.89. The van der Waals surface area contributed by atoms with E-state index in [1.165, 1.54) is 12.1 Å². The molecule has 7 nitrogen and oxygen atoms in total. The first-order chi connectivity index (χ1) is 12.3. The minimum atomic E-state index is -3.82. The first-order valence-electron chi connectivity index (χ1n) is 8.58. The third kappa shape index (κ3) is 3.73. The van der Waals surface area contributed by atoms with Crippen LogP contribution in [0.1, 0.15) is 37.9 Å². The Hall–Kier alpha value is -2.00. The van der Waals surface area contributed by atoms with Gasteiger partial charge < -0.3 is 9.26 Å². The van der Waals surface area contributed by atoms with Gasteiger partial charge in [0.15, 0.2) is 5.82 Å². The first kappa shape index (κ1) is 18.8. The molecule has 0 saturated carbocycles. The molecule has 2 heterocycles. The highest BCUT2D eigenvalue weighted by atomic mass is 32.2. The van der Waals surface area contributed by atoms with Gasteiger partial charge in [0, 0.05) is 6.54 Å². The molecule has 0 N–H and O–H groups in total. The van der Waals surface area contributed by atoms with Crippen LogP contribution in [0.25, 0.3) is 0 Å². The molecule has 1 aliphatic heterocycles. The quantitative estimate of drug-likeness (QED) is 0.762. The van der Waals surface area contributed by atoms with Crippen molar-refractivity contribution >= 4 is 10.0 Å². The van der Waals surface area contributed by atoms with Gasteiger partial charge >= 0.3 is 0 Å². The zero-order valence-corrected chi connectivity index (χ0v) is 15.6. The molecule has 0 aliphatic carbocycles. The van der Waals surface area contributed by atoms with E-state index in [1.54, 1.807) is 19.1 Å². The highest BCUT2D eigenvalue weighted by Gasteiger charge is 2.45. The topological polar surface area (TPSA) is 85.5 Å². The SMILES string of the molecule is CCCOc1ccc(S(=O)(=O)N2CCCC(F)(c3nc(C)no3)C2)cc1. The number of aryl methyl sites for hydroxylation is 1. The predicted octanol–water partition coefficient (Wildman–Crippen LogP) is 2.82. The molecule has 0 bridgehead atoms. The molecule has 1 aliphatic rings. The van der Waals surface area contributed by atoms with Crippen LogP contribution in [-0.2, 0) is 15.7 Å². The van der Waals surface area contributed by atoms with Crippen LogP contribution in [0.15, 0.2) is 33.7 Å². The van der Waals surface area contributed by atoms with Gasteiger partial charge in [0.1, 0.15) is 5.75 Å². The van der Waals surface area contributed by atoms with E-state index in [9.17, 15) is 8.42 Å². The number of sulfonamides is 1. The lowest BCUT2D eigenvalue weighted by Gasteiger charge is -2.34. The molecule has 0 spiro atoms. The summed E-state index contributed by atoms with van der Waals surface area (Å²) in [4.78, 5) is 4.05. The van der Waals surface area contributed by atoms with Crippen LogP contribution >= 0.6 is 0 Å². The van der Waals surface area contributed by atoms with Crippen molar-refractivity contribution < 1.29 is 22.1 Å². The zero-order chi connectivity index (χ0) is 18.8. The third-order valence-corrected chi connectivity index (χ3v) is 6.11. The summed E-state index contributed by atoms with van der Waals surface area (Å²) in [5.41, 5.74) is -1.98. The Kier molecular flexibility index (Phi) is 5.29. The molecule has 1 saturated heterocycles. The van der Waals surface area contributed by atoms with E-state index in [1.807, 2.05) is 6.92 Å². The summed E-state index contributed by atoms with van der Waals surface area (Å²) in [5, 5.41) is 3.61. The van der Waals surface area contributed by atoms with E-state index in [0.29, 0.717) is 24.6 Å². The molecular weight excluding hydrogens is 361 g/mol. The van der Waals surface area contributed by atoms with E-state index in [2.05, 4.69) is 10.1 Å². The molecule has 1 fully saturated rings. The minimum Gasteiger partial charge on any atom is -0.494 e. The van der Waals surface area contributed by atoms with Crippen molar-refractivity contribution in [2.24, 2.45) is 0 Å². The van der Waals surface area contributed by atoms with Crippen LogP contribution in [0.3, 0.4) is 0 Å². The maximum atomic E-state index is 15.3. The second-order valence-electron chi connectivity index (χ2n) is 6.37. The van der Waals surface area contributed by atoms with Gasteiger partial charge in [0.25, 0.3) is 5.89 Å². The smallest absolute Gasteiger partial charge is 0.265 e. The Bertz CT molecular complexity index is 853. The van der Waals surface area contributed by atoms with E-state index >= 15 is 4.39 Å². The van der Waals surface area contributed by atoms with Gasteiger partial charge in [-0.25, -0.2) is 12.8 Å². The maximum Gasteiger partial charge on any atom is 0.265 e. The maximum absolute atomic E-state index is 15.3. The molecule has 26 heavy (non-hydrogen) atoms. The van der Waals surface area contributed by atoms with Crippen molar-refractivity contribution in [3.63, 3.8) is 0 Å². The summed E-state index contributed by atoms with van der Waals surface area (Å²) in [5.74, 6) is 0.753. The fourth-order valence-corrected chi connectivity index (χ4v) is 4.43. The highest BCUT2D eigenvalue weighted by Crippen LogP contribution is 2.36. The van der Waals surface area contributed by atoms with Gasteiger partial charge in [-0.2, -0.15) is 9.29 Å². The molecule has 1 aromatic carbocycles. The number of hydrogen-bond acceptors (Lipinski definition) is 6. The van der Waals surface area contributed by atoms with Crippen LogP contribution < -0.4 is 4.74 Å². The molecule has 0 radical (unpaired) electrons. The second-order valence-corrected chi connectivity index (χ2v) is 8.31. The van der Waals surface area contributed by atoms with Crippen LogP contribution in [0.4, 0.5) is 4.39 Å². The van der Waals surface area contributed by atoms with Crippen molar-refractivity contribution in [2.75, 3.05) is 19.7 Å². The summed E-state index contributed by atoms with van der Waals surface area (Å²) < 4.78 is 52.6. The standard InChI is InChI=1S/C17H22FN3O4S/c1-3-11-24-14-5-7-15(8-6-14)26(22,23)21-10-4-9-17(18,12-21)16-19-13(2)20-25-16/h5-8H,3-4,9-12H2,1-2H3. The number of alkyl halides is 1. The van der Waals surface area contributed by atoms with Crippen LogP contribution in [-0.4, -0.2) is 42.6 Å². The average Bonchev–Trinajstić information content (AvgIpc) is 3.08. The normalized spacial score (nSPS) is 21.7. The van der Waals surface area contributed by atoms with Crippen molar-refractivity contribution in [1.29, 1.82) is 0 Å². The van der Waals surface area contributed by atoms with Gasteiger partial charge in [-0.05, 0) is 50.5 Å². The number of benzene rings is 1. The van der Waals surface area contributed by atoms with Crippen LogP contribution in [0.5, 0.6) is 5.75 Å². The van der Waals surface area contributed by atoms with Crippen molar-refractivity contribution in [3.05, 3.63) is 36.0 Å². The van der Waals surface area contributed by atoms with E-state index in [0.717, 1.165) is 10.7 Å². The molecule has 1 aromatic heterocycles. The third-order valence-electron chi connectivity index (χ3n) is 4.25. The van der Waals surface area contributed by atoms with Crippen molar-refractivity contribution in [1.82, 2.24) is 14.4 Å². The van der Waals surface area contributed by atoms with Gasteiger partial charge in [-0.1, -0.05) is 12.1 Å². The minimum absolute atomic E-state index is 0.104. The molecular formula is C17H22FN3O4S. The Balaban J connectivity index is 1.80. The molecule has 142 valence electrons. The lowest BCUT2D eigenvalue weighted by atomic mass is 9.96. The first-order valence-corrected chi connectivity index (χ1v) is 10.0. The summed E-state index contributed by atoms with van der Waals surface area (Å²) in [7, 11) is -3.82. The second kappa shape index (κ2) is 7.32. The van der Waals surface area contributed by atoms with E-state index in [-0.39, 0.29) is 30.3 Å². The number of piperidine rings is 1. The van der Waals surface area contributed by atoms with Gasteiger partial charge in [-0.15, -0.1) is 0 Å². The summed E-state index contributed by atoms with van der Waals surface area (Å²) >= 11 is 0. The van der Waals surface area contributed by atoms with Gasteiger partial charge in [0.2, 0.25) is 15.7 Å². The number of ether oxygens (including phenoxy) is 1. The van der Waals surface area contributed by atoms with Crippen LogP contribution in [0, 0.1) is 6.92 Å². The zero-order valence-electron chi connectivity index (χ0n) is 14.8.